The molecule has 0 N–H and O–H groups in total. The first kappa shape index (κ1) is 23.6. The summed E-state index contributed by atoms with van der Waals surface area (Å²) in [7, 11) is 1.66. The largest absolute Gasteiger partial charge is 0.341 e. The van der Waals surface area contributed by atoms with E-state index in [1.54, 1.807) is 42.0 Å². The van der Waals surface area contributed by atoms with Crippen LogP contribution >= 0.6 is 0 Å². The second kappa shape index (κ2) is 10.2. The first-order valence-electron chi connectivity index (χ1n) is 12.0. The third-order valence-electron chi connectivity index (χ3n) is 6.52. The minimum atomic E-state index is -0.360. The number of carbonyl (C=O) groups excluding carboxylic acids is 2. The van der Waals surface area contributed by atoms with Crippen molar-refractivity contribution in [3.8, 4) is 11.5 Å². The molecule has 3 aromatic heterocycles. The Morgan fingerprint density at radius 3 is 2.78 bits per heavy atom. The Hall–Kier alpha value is -4.14. The van der Waals surface area contributed by atoms with Crippen molar-refractivity contribution >= 4 is 17.5 Å². The molecular weight excluding hydrogens is 459 g/mol. The number of halogens is 1. The number of fused-ring (bicyclic) bond motifs is 1. The SMILES string of the molecule is CN(CC(=O)N1CCC[C@@H](Cc2ccnc(-c3cnc4ccc(F)cn34)n2)C1)C(=O)c1ccccc1. The standard InChI is InChI=1S/C27H27FN6O2/c1-32(27(36)20-7-3-2-4-8-20)18-25(35)33-13-5-6-19(16-33)14-22-11-12-29-26(31-22)23-15-30-24-10-9-21(28)17-34(23)24/h2-4,7-12,15,17,19H,5-6,13-14,16,18H2,1H3/t19-/m0/s1. The topological polar surface area (TPSA) is 83.7 Å². The molecule has 36 heavy (non-hydrogen) atoms. The van der Waals surface area contributed by atoms with Crippen molar-refractivity contribution in [3.63, 3.8) is 0 Å². The van der Waals surface area contributed by atoms with Gasteiger partial charge in [0.15, 0.2) is 5.82 Å². The average molecular weight is 487 g/mol. The summed E-state index contributed by atoms with van der Waals surface area (Å²) in [5.41, 5.74) is 2.68. The molecule has 8 nitrogen and oxygen atoms in total. The lowest BCUT2D eigenvalue weighted by atomic mass is 9.93. The van der Waals surface area contributed by atoms with Gasteiger partial charge in [0.25, 0.3) is 5.91 Å². The molecule has 1 aliphatic heterocycles. The summed E-state index contributed by atoms with van der Waals surface area (Å²) in [4.78, 5) is 42.3. The number of carbonyl (C=O) groups is 2. The van der Waals surface area contributed by atoms with E-state index >= 15 is 0 Å². The van der Waals surface area contributed by atoms with Gasteiger partial charge in [0, 0.05) is 43.8 Å². The van der Waals surface area contributed by atoms with Gasteiger partial charge in [-0.1, -0.05) is 18.2 Å². The maximum Gasteiger partial charge on any atom is 0.254 e. The molecule has 1 saturated heterocycles. The van der Waals surface area contributed by atoms with E-state index in [4.69, 9.17) is 4.98 Å². The summed E-state index contributed by atoms with van der Waals surface area (Å²) in [6, 6.07) is 13.8. The summed E-state index contributed by atoms with van der Waals surface area (Å²) in [5, 5.41) is 0. The number of pyridine rings is 1. The summed E-state index contributed by atoms with van der Waals surface area (Å²) < 4.78 is 15.4. The molecule has 5 rings (SSSR count). The molecule has 184 valence electrons. The summed E-state index contributed by atoms with van der Waals surface area (Å²) in [6.07, 6.45) is 7.30. The molecule has 0 aliphatic carbocycles. The van der Waals surface area contributed by atoms with E-state index in [0.29, 0.717) is 42.2 Å². The lowest BCUT2D eigenvalue weighted by molar-refractivity contribution is -0.133. The third kappa shape index (κ3) is 5.10. The fourth-order valence-corrected chi connectivity index (χ4v) is 4.68. The first-order valence-corrected chi connectivity index (χ1v) is 12.0. The number of hydrogen-bond donors (Lipinski definition) is 0. The van der Waals surface area contributed by atoms with Crippen molar-refractivity contribution in [2.45, 2.75) is 19.3 Å². The van der Waals surface area contributed by atoms with Gasteiger partial charge in [-0.15, -0.1) is 0 Å². The number of amides is 2. The Morgan fingerprint density at radius 1 is 1.11 bits per heavy atom. The van der Waals surface area contributed by atoms with Crippen LogP contribution < -0.4 is 0 Å². The molecule has 4 heterocycles. The predicted octanol–water partition coefficient (Wildman–Crippen LogP) is 3.48. The molecule has 0 radical (unpaired) electrons. The van der Waals surface area contributed by atoms with Crippen LogP contribution in [0.25, 0.3) is 17.2 Å². The van der Waals surface area contributed by atoms with Gasteiger partial charge in [-0.05, 0) is 55.5 Å². The fraction of sp³-hybridized carbons (Fsp3) is 0.296. The quantitative estimate of drug-likeness (QED) is 0.417. The highest BCUT2D eigenvalue weighted by Gasteiger charge is 2.26. The molecule has 2 amide bonds. The van der Waals surface area contributed by atoms with Crippen LogP contribution in [-0.2, 0) is 11.2 Å². The van der Waals surface area contributed by atoms with Gasteiger partial charge in [-0.25, -0.2) is 19.3 Å². The van der Waals surface area contributed by atoms with E-state index in [1.165, 1.54) is 17.2 Å². The van der Waals surface area contributed by atoms with Gasteiger partial charge in [-0.2, -0.15) is 0 Å². The number of rotatable bonds is 6. The molecule has 1 aliphatic rings. The molecule has 1 aromatic carbocycles. The number of piperidine rings is 1. The van der Waals surface area contributed by atoms with E-state index in [2.05, 4.69) is 9.97 Å². The zero-order valence-electron chi connectivity index (χ0n) is 20.0. The highest BCUT2D eigenvalue weighted by atomic mass is 19.1. The number of benzene rings is 1. The molecule has 0 unspecified atom stereocenters. The van der Waals surface area contributed by atoms with Crippen LogP contribution in [0.4, 0.5) is 4.39 Å². The predicted molar refractivity (Wildman–Crippen MR) is 133 cm³/mol. The molecule has 1 fully saturated rings. The van der Waals surface area contributed by atoms with Crippen molar-refractivity contribution < 1.29 is 14.0 Å². The van der Waals surface area contributed by atoms with Crippen molar-refractivity contribution in [2.75, 3.05) is 26.7 Å². The molecule has 0 saturated carbocycles. The number of nitrogens with zero attached hydrogens (tertiary/aromatic N) is 6. The molecule has 4 aromatic rings. The summed E-state index contributed by atoms with van der Waals surface area (Å²) >= 11 is 0. The van der Waals surface area contributed by atoms with Gasteiger partial charge in [0.1, 0.15) is 17.2 Å². The normalized spacial score (nSPS) is 15.7. The highest BCUT2D eigenvalue weighted by molar-refractivity contribution is 5.96. The van der Waals surface area contributed by atoms with Crippen LogP contribution in [0.5, 0.6) is 0 Å². The maximum atomic E-state index is 13.8. The van der Waals surface area contributed by atoms with E-state index in [-0.39, 0.29) is 30.1 Å². The van der Waals surface area contributed by atoms with Crippen molar-refractivity contribution in [3.05, 3.63) is 84.2 Å². The van der Waals surface area contributed by atoms with E-state index in [0.717, 1.165) is 18.5 Å². The van der Waals surface area contributed by atoms with Gasteiger partial charge >= 0.3 is 0 Å². The van der Waals surface area contributed by atoms with Crippen molar-refractivity contribution in [2.24, 2.45) is 5.92 Å². The highest BCUT2D eigenvalue weighted by Crippen LogP contribution is 2.23. The van der Waals surface area contributed by atoms with E-state index in [9.17, 15) is 14.0 Å². The van der Waals surface area contributed by atoms with Gasteiger partial charge in [0.05, 0.1) is 12.7 Å². The summed E-state index contributed by atoms with van der Waals surface area (Å²) in [5.74, 6) is 0.150. The third-order valence-corrected chi connectivity index (χ3v) is 6.52. The second-order valence-electron chi connectivity index (χ2n) is 9.17. The van der Waals surface area contributed by atoms with Crippen molar-refractivity contribution in [1.29, 1.82) is 0 Å². The Kier molecular flexibility index (Phi) is 6.71. The smallest absolute Gasteiger partial charge is 0.254 e. The zero-order chi connectivity index (χ0) is 25.1. The number of aromatic nitrogens is 4. The van der Waals surface area contributed by atoms with Gasteiger partial charge in [-0.3, -0.25) is 14.0 Å². The number of likely N-dealkylation sites (N-methyl/N-ethyl adjacent to an activating group) is 1. The number of likely N-dealkylation sites (tertiary alicyclic amines) is 1. The van der Waals surface area contributed by atoms with Crippen LogP contribution in [0.3, 0.4) is 0 Å². The Bertz CT molecular complexity index is 1390. The van der Waals surface area contributed by atoms with Crippen LogP contribution in [0.1, 0.15) is 28.9 Å². The molecule has 1 atom stereocenters. The summed E-state index contributed by atoms with van der Waals surface area (Å²) in [6.45, 7) is 1.35. The Morgan fingerprint density at radius 2 is 1.94 bits per heavy atom. The van der Waals surface area contributed by atoms with Gasteiger partial charge < -0.3 is 9.80 Å². The maximum absolute atomic E-state index is 13.8. The van der Waals surface area contributed by atoms with Crippen molar-refractivity contribution in [1.82, 2.24) is 29.2 Å². The molecule has 9 heteroatoms. The van der Waals surface area contributed by atoms with Crippen LogP contribution in [0.15, 0.2) is 67.1 Å². The second-order valence-corrected chi connectivity index (χ2v) is 9.17. The Balaban J connectivity index is 1.23. The monoisotopic (exact) mass is 486 g/mol. The van der Waals surface area contributed by atoms with E-state index < -0.39 is 0 Å². The molecule has 0 spiro atoms. The fourth-order valence-electron chi connectivity index (χ4n) is 4.68. The first-order chi connectivity index (χ1) is 17.5. The lowest BCUT2D eigenvalue weighted by Crippen LogP contribution is -2.46. The van der Waals surface area contributed by atoms with Crippen LogP contribution in [0, 0.1) is 11.7 Å². The van der Waals surface area contributed by atoms with Gasteiger partial charge in [0.2, 0.25) is 5.91 Å². The Labute approximate surface area is 208 Å². The minimum Gasteiger partial charge on any atom is -0.341 e. The number of imidazole rings is 1. The van der Waals surface area contributed by atoms with Crippen LogP contribution in [0.2, 0.25) is 0 Å². The zero-order valence-corrected chi connectivity index (χ0v) is 20.0. The van der Waals surface area contributed by atoms with E-state index in [1.807, 2.05) is 29.2 Å². The van der Waals surface area contributed by atoms with Crippen LogP contribution in [-0.4, -0.2) is 67.6 Å². The molecular formula is C27H27FN6O2. The lowest BCUT2D eigenvalue weighted by Gasteiger charge is -2.33. The average Bonchev–Trinajstić information content (AvgIpc) is 3.32. The number of hydrogen-bond acceptors (Lipinski definition) is 5. The molecule has 0 bridgehead atoms. The minimum absolute atomic E-state index is 0.0446.